The quantitative estimate of drug-likeness (QED) is 0.437. The highest BCUT2D eigenvalue weighted by Gasteiger charge is 2.57. The number of hydrogen-bond donors (Lipinski definition) is 1. The highest BCUT2D eigenvalue weighted by atomic mass is 19.1. The Kier molecular flexibility index (Phi) is 6.85. The van der Waals surface area contributed by atoms with Crippen LogP contribution < -0.4 is 0 Å². The molecule has 28 heavy (non-hydrogen) atoms. The summed E-state index contributed by atoms with van der Waals surface area (Å²) in [5.74, 6) is -6.70. The summed E-state index contributed by atoms with van der Waals surface area (Å²) < 4.78 is 24.0. The molecule has 0 unspecified atom stereocenters. The minimum absolute atomic E-state index is 0.110. The Balaban J connectivity index is 2.58. The molecule has 1 saturated carbocycles. The second kappa shape index (κ2) is 8.93. The summed E-state index contributed by atoms with van der Waals surface area (Å²) in [5.41, 5.74) is -1.57. The van der Waals surface area contributed by atoms with E-state index in [-0.39, 0.29) is 18.8 Å². The number of halogens is 1. The van der Waals surface area contributed by atoms with Crippen molar-refractivity contribution in [2.75, 3.05) is 13.2 Å². The van der Waals surface area contributed by atoms with Gasteiger partial charge < -0.3 is 14.6 Å². The second-order valence-corrected chi connectivity index (χ2v) is 6.87. The summed E-state index contributed by atoms with van der Waals surface area (Å²) in [5, 5.41) is 10.8. The van der Waals surface area contributed by atoms with E-state index in [1.54, 1.807) is 0 Å². The summed E-state index contributed by atoms with van der Waals surface area (Å²) >= 11 is 0. The van der Waals surface area contributed by atoms with Crippen molar-refractivity contribution in [3.05, 3.63) is 61.0 Å². The van der Waals surface area contributed by atoms with Crippen LogP contribution in [0.4, 0.5) is 4.39 Å². The van der Waals surface area contributed by atoms with Crippen LogP contribution in [0.2, 0.25) is 0 Å². The molecule has 0 spiro atoms. The molecule has 1 aliphatic carbocycles. The van der Waals surface area contributed by atoms with Crippen molar-refractivity contribution < 1.29 is 33.4 Å². The van der Waals surface area contributed by atoms with Crippen molar-refractivity contribution in [3.63, 3.8) is 0 Å². The Morgan fingerprint density at radius 1 is 1.25 bits per heavy atom. The zero-order valence-corrected chi connectivity index (χ0v) is 15.6. The normalized spacial score (nSPS) is 27.0. The van der Waals surface area contributed by atoms with Crippen molar-refractivity contribution in [2.45, 2.75) is 24.9 Å². The van der Waals surface area contributed by atoms with E-state index in [1.165, 1.54) is 37.3 Å². The van der Waals surface area contributed by atoms with Gasteiger partial charge in [0.05, 0.1) is 11.5 Å². The predicted octanol–water partition coefficient (Wildman–Crippen LogP) is 2.32. The van der Waals surface area contributed by atoms with Crippen LogP contribution >= 0.6 is 0 Å². The molecule has 1 N–H and O–H groups in total. The number of benzene rings is 1. The van der Waals surface area contributed by atoms with Gasteiger partial charge in [0.2, 0.25) is 0 Å². The molecule has 0 radical (unpaired) electrons. The van der Waals surface area contributed by atoms with Gasteiger partial charge in [0.15, 0.2) is 5.78 Å². The number of esters is 2. The first-order valence-corrected chi connectivity index (χ1v) is 8.78. The van der Waals surface area contributed by atoms with Crippen molar-refractivity contribution in [3.8, 4) is 0 Å². The van der Waals surface area contributed by atoms with Crippen molar-refractivity contribution in [2.24, 2.45) is 11.8 Å². The van der Waals surface area contributed by atoms with Gasteiger partial charge in [0.1, 0.15) is 24.9 Å². The minimum Gasteiger partial charge on any atom is -0.461 e. The lowest BCUT2D eigenvalue weighted by atomic mass is 9.61. The first-order valence-electron chi connectivity index (χ1n) is 8.78. The topological polar surface area (TPSA) is 89.9 Å². The van der Waals surface area contributed by atoms with Gasteiger partial charge >= 0.3 is 11.9 Å². The van der Waals surface area contributed by atoms with E-state index in [0.29, 0.717) is 0 Å². The summed E-state index contributed by atoms with van der Waals surface area (Å²) in [7, 11) is 0. The highest BCUT2D eigenvalue weighted by Crippen LogP contribution is 2.46. The Morgan fingerprint density at radius 3 is 2.43 bits per heavy atom. The Morgan fingerprint density at radius 2 is 1.86 bits per heavy atom. The molecule has 4 atom stereocenters. The Labute approximate surface area is 162 Å². The molecule has 2 rings (SSSR count). The fourth-order valence-corrected chi connectivity index (χ4v) is 3.59. The van der Waals surface area contributed by atoms with Crippen molar-refractivity contribution in [1.82, 2.24) is 0 Å². The molecule has 0 heterocycles. The fourth-order valence-electron chi connectivity index (χ4n) is 3.59. The number of carbonyl (C=O) groups excluding carboxylic acids is 3. The predicted molar refractivity (Wildman–Crippen MR) is 98.7 cm³/mol. The second-order valence-electron chi connectivity index (χ2n) is 6.87. The third kappa shape index (κ3) is 4.54. The van der Waals surface area contributed by atoms with Gasteiger partial charge in [-0.3, -0.25) is 14.4 Å². The monoisotopic (exact) mass is 390 g/mol. The molecular weight excluding hydrogens is 367 g/mol. The van der Waals surface area contributed by atoms with Crippen molar-refractivity contribution >= 4 is 17.7 Å². The standard InChI is InChI=1S/C21H23FO6/c1-4-9-27-19(24)17-15(23)12-21(3,26)18(20(25)28-10-5-2)16(17)13-7-6-8-14(22)11-13/h4-8,11,16-18,26H,1-2,9-10,12H2,3H3/t16-,17+,18+,21-/m0/s1. The lowest BCUT2D eigenvalue weighted by Crippen LogP contribution is -2.55. The molecule has 0 aliphatic heterocycles. The van der Waals surface area contributed by atoms with E-state index < -0.39 is 53.3 Å². The van der Waals surface area contributed by atoms with E-state index in [4.69, 9.17) is 9.47 Å². The maximum absolute atomic E-state index is 13.9. The van der Waals surface area contributed by atoms with Gasteiger partial charge in [-0.05, 0) is 24.6 Å². The Bertz CT molecular complexity index is 785. The summed E-state index contributed by atoms with van der Waals surface area (Å²) in [4.78, 5) is 38.0. The average molecular weight is 390 g/mol. The number of rotatable bonds is 7. The maximum Gasteiger partial charge on any atom is 0.317 e. The maximum atomic E-state index is 13.9. The number of ether oxygens (including phenoxy) is 2. The third-order valence-electron chi connectivity index (χ3n) is 4.70. The molecule has 1 aromatic rings. The third-order valence-corrected chi connectivity index (χ3v) is 4.70. The van der Waals surface area contributed by atoms with Crippen LogP contribution in [0.3, 0.4) is 0 Å². The molecular formula is C21H23FO6. The van der Waals surface area contributed by atoms with E-state index in [9.17, 15) is 23.9 Å². The molecule has 6 nitrogen and oxygen atoms in total. The van der Waals surface area contributed by atoms with Crippen LogP contribution in [0, 0.1) is 17.7 Å². The zero-order valence-electron chi connectivity index (χ0n) is 15.6. The first kappa shape index (κ1) is 21.5. The van der Waals surface area contributed by atoms with Crippen molar-refractivity contribution in [1.29, 1.82) is 0 Å². The van der Waals surface area contributed by atoms with Crippen LogP contribution in [0.1, 0.15) is 24.8 Å². The van der Waals surface area contributed by atoms with Gasteiger partial charge in [0.25, 0.3) is 0 Å². The summed E-state index contributed by atoms with van der Waals surface area (Å²) in [6.07, 6.45) is 2.25. The van der Waals surface area contributed by atoms with Crippen LogP contribution in [0.15, 0.2) is 49.6 Å². The van der Waals surface area contributed by atoms with Gasteiger partial charge in [-0.1, -0.05) is 37.4 Å². The van der Waals surface area contributed by atoms with Gasteiger partial charge in [0, 0.05) is 12.3 Å². The van der Waals surface area contributed by atoms with Gasteiger partial charge in [-0.2, -0.15) is 0 Å². The SMILES string of the molecule is C=CCOC(=O)[C@@H]1C(=O)C[C@](C)(O)[C@@H](C(=O)OCC=C)[C@H]1c1cccc(F)c1. The minimum atomic E-state index is -1.79. The number of aliphatic hydroxyl groups is 1. The highest BCUT2D eigenvalue weighted by molar-refractivity contribution is 6.02. The molecule has 0 saturated heterocycles. The number of carbonyl (C=O) groups is 3. The molecule has 150 valence electrons. The average Bonchev–Trinajstić information content (AvgIpc) is 2.62. The Hall–Kier alpha value is -2.80. The van der Waals surface area contributed by atoms with E-state index in [1.807, 2.05) is 0 Å². The number of ketones is 1. The largest absolute Gasteiger partial charge is 0.461 e. The molecule has 7 heteroatoms. The molecule has 1 aliphatic rings. The van der Waals surface area contributed by atoms with Crippen LogP contribution in [-0.4, -0.2) is 41.6 Å². The zero-order chi connectivity index (χ0) is 20.9. The first-order chi connectivity index (χ1) is 13.2. The van der Waals surface area contributed by atoms with Crippen LogP contribution in [0.25, 0.3) is 0 Å². The summed E-state index contributed by atoms with van der Waals surface area (Å²) in [6.45, 7) is 8.00. The summed E-state index contributed by atoms with van der Waals surface area (Å²) in [6, 6.07) is 5.21. The van der Waals surface area contributed by atoms with E-state index >= 15 is 0 Å². The van der Waals surface area contributed by atoms with Crippen LogP contribution in [0.5, 0.6) is 0 Å². The van der Waals surface area contributed by atoms with Gasteiger partial charge in [-0.25, -0.2) is 4.39 Å². The lowest BCUT2D eigenvalue weighted by Gasteiger charge is -2.43. The fraction of sp³-hybridized carbons (Fsp3) is 0.381. The molecule has 0 aromatic heterocycles. The number of hydrogen-bond acceptors (Lipinski definition) is 6. The van der Waals surface area contributed by atoms with Gasteiger partial charge in [-0.15, -0.1) is 0 Å². The smallest absolute Gasteiger partial charge is 0.317 e. The van der Waals surface area contributed by atoms with E-state index in [2.05, 4.69) is 13.2 Å². The molecule has 1 aromatic carbocycles. The molecule has 0 bridgehead atoms. The van der Waals surface area contributed by atoms with Crippen LogP contribution in [-0.2, 0) is 23.9 Å². The lowest BCUT2D eigenvalue weighted by molar-refractivity contribution is -0.172. The van der Waals surface area contributed by atoms with E-state index in [0.717, 1.165) is 6.07 Å². The number of Topliss-reactive ketones (excluding diaryl/α,β-unsaturated/α-hetero) is 1. The molecule has 0 amide bonds. The molecule has 1 fully saturated rings.